The molecule has 2 aromatic carbocycles. The van der Waals surface area contributed by atoms with E-state index in [1.807, 2.05) is 13.8 Å². The summed E-state index contributed by atoms with van der Waals surface area (Å²) < 4.78 is 16.8. The van der Waals surface area contributed by atoms with Gasteiger partial charge in [-0.15, -0.1) is 0 Å². The van der Waals surface area contributed by atoms with Crippen LogP contribution in [0.2, 0.25) is 0 Å². The highest BCUT2D eigenvalue weighted by Crippen LogP contribution is 2.27. The van der Waals surface area contributed by atoms with Gasteiger partial charge in [0.25, 0.3) is 0 Å². The Morgan fingerprint density at radius 3 is 2.40 bits per heavy atom. The molecule has 0 aliphatic heterocycles. The van der Waals surface area contributed by atoms with Crippen LogP contribution in [0.15, 0.2) is 46.9 Å². The summed E-state index contributed by atoms with van der Waals surface area (Å²) in [5.41, 5.74) is 0.459. The fraction of sp³-hybridized carbons (Fsp3) is 0.263. The Labute approximate surface area is 155 Å². The van der Waals surface area contributed by atoms with Crippen LogP contribution < -0.4 is 9.47 Å². The molecule has 0 amide bonds. The number of para-hydroxylation sites is 1. The predicted molar refractivity (Wildman–Crippen MR) is 97.3 cm³/mol. The van der Waals surface area contributed by atoms with Crippen LogP contribution >= 0.6 is 15.9 Å². The van der Waals surface area contributed by atoms with Crippen LogP contribution in [0.25, 0.3) is 0 Å². The Bertz CT molecular complexity index is 770. The van der Waals surface area contributed by atoms with Crippen LogP contribution in [0.3, 0.4) is 0 Å². The lowest BCUT2D eigenvalue weighted by molar-refractivity contribution is 0.0520. The van der Waals surface area contributed by atoms with Gasteiger partial charge in [0.15, 0.2) is 0 Å². The Balaban J connectivity index is 2.32. The van der Waals surface area contributed by atoms with Gasteiger partial charge < -0.3 is 14.2 Å². The molecular weight excluding hydrogens is 388 g/mol. The molecule has 0 N–H and O–H groups in total. The summed E-state index contributed by atoms with van der Waals surface area (Å²) in [7, 11) is 0. The first kappa shape index (κ1) is 19.0. The Morgan fingerprint density at radius 1 is 1.00 bits per heavy atom. The van der Waals surface area contributed by atoms with Gasteiger partial charge in [0.2, 0.25) is 0 Å². The molecule has 0 unspecified atom stereocenters. The average molecular weight is 407 g/mol. The molecule has 0 radical (unpaired) electrons. The number of ether oxygens (including phenoxy) is 3. The molecule has 2 aromatic rings. The fourth-order valence-electron chi connectivity index (χ4n) is 2.11. The molecule has 0 bridgehead atoms. The Morgan fingerprint density at radius 2 is 1.72 bits per heavy atom. The lowest BCUT2D eigenvalue weighted by Crippen LogP contribution is -2.16. The van der Waals surface area contributed by atoms with Crippen molar-refractivity contribution in [1.29, 1.82) is 0 Å². The minimum Gasteiger partial charge on any atom is -0.490 e. The fourth-order valence-corrected chi connectivity index (χ4v) is 2.47. The van der Waals surface area contributed by atoms with E-state index in [0.717, 1.165) is 0 Å². The number of rotatable bonds is 6. The molecule has 0 saturated heterocycles. The lowest BCUT2D eigenvalue weighted by atomic mass is 10.2. The van der Waals surface area contributed by atoms with E-state index in [2.05, 4.69) is 15.9 Å². The van der Waals surface area contributed by atoms with Gasteiger partial charge in [0, 0.05) is 4.47 Å². The second-order valence-corrected chi connectivity index (χ2v) is 6.33. The molecule has 0 atom stereocenters. The lowest BCUT2D eigenvalue weighted by Gasteiger charge is -2.15. The largest absolute Gasteiger partial charge is 0.490 e. The average Bonchev–Trinajstić information content (AvgIpc) is 2.56. The van der Waals surface area contributed by atoms with Crippen molar-refractivity contribution >= 4 is 27.9 Å². The maximum Gasteiger partial charge on any atom is 0.347 e. The molecule has 5 nitrogen and oxygen atoms in total. The summed E-state index contributed by atoms with van der Waals surface area (Å²) in [6.45, 7) is 5.68. The molecule has 0 aliphatic rings. The zero-order valence-electron chi connectivity index (χ0n) is 14.2. The standard InChI is InChI=1S/C19H19BrO5/c1-4-23-18(21)14-7-5-6-8-16(14)25-19(22)15-11-13(20)9-10-17(15)24-12(2)3/h5-12H,4H2,1-3H3. The number of hydrogen-bond acceptors (Lipinski definition) is 5. The van der Waals surface area contributed by atoms with Crippen LogP contribution in [-0.4, -0.2) is 24.6 Å². The number of esters is 2. The van der Waals surface area contributed by atoms with E-state index >= 15 is 0 Å². The van der Waals surface area contributed by atoms with Crippen molar-refractivity contribution in [2.24, 2.45) is 0 Å². The van der Waals surface area contributed by atoms with Crippen molar-refractivity contribution in [3.8, 4) is 11.5 Å². The molecule has 0 spiro atoms. The second kappa shape index (κ2) is 8.67. The smallest absolute Gasteiger partial charge is 0.347 e. The summed E-state index contributed by atoms with van der Waals surface area (Å²) in [5, 5.41) is 0. The molecule has 0 fully saturated rings. The van der Waals surface area contributed by atoms with E-state index in [0.29, 0.717) is 10.2 Å². The third kappa shape index (κ3) is 5.06. The quantitative estimate of drug-likeness (QED) is 0.516. The number of hydrogen-bond donors (Lipinski definition) is 0. The van der Waals surface area contributed by atoms with Gasteiger partial charge in [-0.25, -0.2) is 9.59 Å². The van der Waals surface area contributed by atoms with Crippen LogP contribution in [-0.2, 0) is 4.74 Å². The summed E-state index contributed by atoms with van der Waals surface area (Å²) in [6, 6.07) is 11.5. The van der Waals surface area contributed by atoms with Crippen molar-refractivity contribution in [3.05, 3.63) is 58.1 Å². The van der Waals surface area contributed by atoms with Crippen molar-refractivity contribution in [1.82, 2.24) is 0 Å². The van der Waals surface area contributed by atoms with Gasteiger partial charge in [-0.2, -0.15) is 0 Å². The van der Waals surface area contributed by atoms with E-state index in [1.165, 1.54) is 0 Å². The molecule has 0 saturated carbocycles. The van der Waals surface area contributed by atoms with Crippen molar-refractivity contribution < 1.29 is 23.8 Å². The zero-order chi connectivity index (χ0) is 18.4. The van der Waals surface area contributed by atoms with Gasteiger partial charge in [-0.05, 0) is 51.1 Å². The van der Waals surface area contributed by atoms with Gasteiger partial charge >= 0.3 is 11.9 Å². The van der Waals surface area contributed by atoms with E-state index in [4.69, 9.17) is 14.2 Å². The van der Waals surface area contributed by atoms with Crippen molar-refractivity contribution in [3.63, 3.8) is 0 Å². The van der Waals surface area contributed by atoms with Crippen LogP contribution in [0.4, 0.5) is 0 Å². The predicted octanol–water partition coefficient (Wildman–Crippen LogP) is 4.63. The normalized spacial score (nSPS) is 10.4. The molecule has 0 aromatic heterocycles. The third-order valence-electron chi connectivity index (χ3n) is 3.11. The van der Waals surface area contributed by atoms with E-state index < -0.39 is 11.9 Å². The van der Waals surface area contributed by atoms with Gasteiger partial charge in [0.1, 0.15) is 22.6 Å². The summed E-state index contributed by atoms with van der Waals surface area (Å²) in [4.78, 5) is 24.6. The van der Waals surface area contributed by atoms with Crippen LogP contribution in [0.1, 0.15) is 41.5 Å². The van der Waals surface area contributed by atoms with Gasteiger partial charge in [0.05, 0.1) is 12.7 Å². The van der Waals surface area contributed by atoms with Crippen LogP contribution in [0, 0.1) is 0 Å². The number of benzene rings is 2. The third-order valence-corrected chi connectivity index (χ3v) is 3.60. The van der Waals surface area contributed by atoms with Gasteiger partial charge in [-0.3, -0.25) is 0 Å². The van der Waals surface area contributed by atoms with E-state index in [9.17, 15) is 9.59 Å². The summed E-state index contributed by atoms with van der Waals surface area (Å²) in [5.74, 6) is -0.606. The first-order valence-corrected chi connectivity index (χ1v) is 8.66. The first-order chi connectivity index (χ1) is 11.9. The topological polar surface area (TPSA) is 61.8 Å². The highest BCUT2D eigenvalue weighted by molar-refractivity contribution is 9.10. The maximum absolute atomic E-state index is 12.6. The second-order valence-electron chi connectivity index (χ2n) is 5.41. The zero-order valence-corrected chi connectivity index (χ0v) is 15.8. The summed E-state index contributed by atoms with van der Waals surface area (Å²) in [6.07, 6.45) is -0.0976. The molecule has 2 rings (SSSR count). The SMILES string of the molecule is CCOC(=O)c1ccccc1OC(=O)c1cc(Br)ccc1OC(C)C. The van der Waals surface area contributed by atoms with Crippen LogP contribution in [0.5, 0.6) is 11.5 Å². The molecule has 0 aliphatic carbocycles. The monoisotopic (exact) mass is 406 g/mol. The molecule has 0 heterocycles. The highest BCUT2D eigenvalue weighted by atomic mass is 79.9. The number of carbonyl (C=O) groups excluding carboxylic acids is 2. The minimum atomic E-state index is -0.617. The van der Waals surface area contributed by atoms with Gasteiger partial charge in [-0.1, -0.05) is 28.1 Å². The van der Waals surface area contributed by atoms with E-state index in [-0.39, 0.29) is 29.6 Å². The van der Waals surface area contributed by atoms with E-state index in [1.54, 1.807) is 49.4 Å². The number of halogens is 1. The molecular formula is C19H19BrO5. The first-order valence-electron chi connectivity index (χ1n) is 7.87. The van der Waals surface area contributed by atoms with Crippen molar-refractivity contribution in [2.45, 2.75) is 26.9 Å². The Hall–Kier alpha value is -2.34. The molecule has 25 heavy (non-hydrogen) atoms. The number of carbonyl (C=O) groups is 2. The maximum atomic E-state index is 12.6. The minimum absolute atomic E-state index is 0.0976. The van der Waals surface area contributed by atoms with Crippen molar-refractivity contribution in [2.75, 3.05) is 6.61 Å². The molecule has 6 heteroatoms. The summed E-state index contributed by atoms with van der Waals surface area (Å²) >= 11 is 3.34. The highest BCUT2D eigenvalue weighted by Gasteiger charge is 2.20. The molecule has 132 valence electrons. The Kier molecular flexibility index (Phi) is 6.58.